The van der Waals surface area contributed by atoms with Crippen LogP contribution in [0.3, 0.4) is 0 Å². The molecule has 0 radical (unpaired) electrons. The van der Waals surface area contributed by atoms with Crippen LogP contribution in [0.4, 0.5) is 0 Å². The minimum atomic E-state index is -2.05. The second kappa shape index (κ2) is 45.4. The van der Waals surface area contributed by atoms with Gasteiger partial charge in [-0.05, 0) is 76.5 Å². The molecule has 0 spiro atoms. The molecule has 1 aromatic rings. The van der Waals surface area contributed by atoms with E-state index in [1.807, 2.05) is 12.2 Å². The number of aryl methyl sites for hydroxylation is 1. The first kappa shape index (κ1) is 88.4. The third-order valence-electron chi connectivity index (χ3n) is 18.8. The third-order valence-corrected chi connectivity index (χ3v) is 18.8. The van der Waals surface area contributed by atoms with Crippen molar-refractivity contribution in [1.82, 2.24) is 66.0 Å². The molecule has 2 aliphatic carbocycles. The molecule has 2 aliphatic heterocycles. The largest absolute Gasteiger partial charge is 0.481 e. The number of nitrogens with one attached hydrogen (secondary N) is 6. The van der Waals surface area contributed by atoms with Crippen molar-refractivity contribution in [2.75, 3.05) is 132 Å². The van der Waals surface area contributed by atoms with E-state index in [1.165, 1.54) is 9.80 Å². The number of nitrogens with zero attached hydrogens (tertiary/aromatic N) is 8. The number of allylic oxidation sites excluding steroid dienone is 1. The van der Waals surface area contributed by atoms with Gasteiger partial charge >= 0.3 is 23.9 Å². The number of amides is 3. The zero-order valence-corrected chi connectivity index (χ0v) is 58.8. The number of aliphatic hydroxyl groups excluding tert-OH is 14. The van der Waals surface area contributed by atoms with Crippen molar-refractivity contribution in [2.24, 2.45) is 10.9 Å². The predicted octanol–water partition coefficient (Wildman–Crippen LogP) is -9.26. The third kappa shape index (κ3) is 30.6. The number of aliphatic hydroxyl groups is 14. The highest BCUT2D eigenvalue weighted by Crippen LogP contribution is 2.31. The van der Waals surface area contributed by atoms with Gasteiger partial charge in [0, 0.05) is 109 Å². The molecule has 3 heterocycles. The van der Waals surface area contributed by atoms with Crippen molar-refractivity contribution in [3.8, 4) is 0 Å². The second-order valence-corrected chi connectivity index (χ2v) is 27.1. The summed E-state index contributed by atoms with van der Waals surface area (Å²) in [6.45, 7) is -3.79. The number of hydrogen-bond donors (Lipinski definition) is 24. The summed E-state index contributed by atoms with van der Waals surface area (Å²) in [7, 11) is 1.80. The molecule has 24 N–H and O–H groups in total. The summed E-state index contributed by atoms with van der Waals surface area (Å²) in [4.78, 5) is 112. The summed E-state index contributed by atoms with van der Waals surface area (Å²) in [5.41, 5.74) is 3.35. The SMILES string of the molecule is CN(Cc1nc2c([nH]1)CCC=C2)[C@H](O)C1C=C2CN(CCCCCCNC(=O)[C@H](CC[C@@H](O)NC[C@H](O)[C@@H](O)[C@H](O)C(O)CO)N[C@H](O)[C@H](CCC(=O)NC[C@@H](O)[C@H](O)[C@@H](O)C(O)CO)NC(=O)CN3CCN(CC(=O)O)CCN(CC(=O)O)CCN(CC(=O)O)CC3)[C@H](O)C(CC(=O)O)N=C2CC1. The highest BCUT2D eigenvalue weighted by molar-refractivity contribution is 6.01. The van der Waals surface area contributed by atoms with Gasteiger partial charge in [0.25, 0.3) is 0 Å². The number of fused-ring (bicyclic) bond motifs is 2. The Morgan fingerprint density at radius 3 is 1.74 bits per heavy atom. The summed E-state index contributed by atoms with van der Waals surface area (Å²) in [6, 6.07) is -3.92. The Kier molecular flexibility index (Phi) is 38.6. The van der Waals surface area contributed by atoms with Gasteiger partial charge in [-0.2, -0.15) is 0 Å². The Balaban J connectivity index is 1.31. The van der Waals surface area contributed by atoms with Crippen LogP contribution in [0.15, 0.2) is 22.7 Å². The van der Waals surface area contributed by atoms with Crippen molar-refractivity contribution in [3.05, 3.63) is 34.9 Å². The molecule has 39 heteroatoms. The number of carbonyl (C=O) groups excluding carboxylic acids is 3. The maximum atomic E-state index is 14.3. The molecule has 0 aromatic carbocycles. The number of unbranched alkanes of at least 4 members (excludes halogenated alkanes) is 3. The summed E-state index contributed by atoms with van der Waals surface area (Å²) in [6.07, 6.45) is -12.6. The number of carbonyl (C=O) groups is 7. The highest BCUT2D eigenvalue weighted by atomic mass is 16.4. The molecule has 16 atom stereocenters. The maximum Gasteiger partial charge on any atom is 0.317 e. The van der Waals surface area contributed by atoms with E-state index in [-0.39, 0.29) is 84.2 Å². The number of H-pyrrole nitrogens is 1. The highest BCUT2D eigenvalue weighted by Gasteiger charge is 2.38. The molecule has 4 aliphatic rings. The van der Waals surface area contributed by atoms with E-state index >= 15 is 0 Å². The van der Waals surface area contributed by atoms with Crippen LogP contribution in [0.2, 0.25) is 0 Å². The fourth-order valence-corrected chi connectivity index (χ4v) is 12.7. The fraction of sp³-hybridized carbons (Fsp3) is 0.769. The first-order valence-corrected chi connectivity index (χ1v) is 35.3. The van der Waals surface area contributed by atoms with Gasteiger partial charge < -0.3 is 113 Å². The standard InChI is InChI=1S/C65H112N14O25/c1-74(31-50-70-41-8-4-5-9-42(41)71-50)64(103)38-10-11-40-39(26-38)30-79(65(104)45(69-40)27-54(89)90)17-7-3-2-6-16-66-62(101)43(12-14-51(86)67-28-46(82)58(97)60(99)48(84)36-80)73-63(102)44(13-15-52(87)68-29-47(83)59(98)61(100)49(85)37-81)72-53(88)32-75-18-20-76(33-55(91)92)22-24-78(35-57(95)96)25-23-77(21-19-75)34-56(93)94/h4,8,26,38,43-49,51,58-61,63-65,67,73,80-86,97-100,102-104H,2-3,5-7,9-25,27-37H2,1H3,(H,66,101)(H,68,87)(H,70,71)(H,72,88)(H,89,90)(H,91,92)(H,93,94)(H,95,96)/t38?,43-,44-,45?,46-,47+,48?,49?,51+,58+,59-,60+,61-,63+,64+,65+/m0/s1. The minimum absolute atomic E-state index is 0.00253. The van der Waals surface area contributed by atoms with Crippen LogP contribution in [-0.4, -0.2) is 402 Å². The van der Waals surface area contributed by atoms with E-state index in [4.69, 9.17) is 4.99 Å². The molecule has 1 saturated heterocycles. The molecule has 5 rings (SSSR count). The van der Waals surface area contributed by atoms with E-state index in [0.717, 1.165) is 35.6 Å². The molecule has 0 saturated carbocycles. The van der Waals surface area contributed by atoms with E-state index in [9.17, 15) is 125 Å². The average molecular weight is 1490 g/mol. The second-order valence-electron chi connectivity index (χ2n) is 27.1. The van der Waals surface area contributed by atoms with Gasteiger partial charge in [-0.3, -0.25) is 78.6 Å². The number of rotatable bonds is 45. The smallest absolute Gasteiger partial charge is 0.317 e. The molecule has 1 aromatic heterocycles. The van der Waals surface area contributed by atoms with Gasteiger partial charge in [-0.25, -0.2) is 4.98 Å². The number of aromatic amines is 1. The Bertz CT molecular complexity index is 2900. The van der Waals surface area contributed by atoms with Crippen LogP contribution in [0.1, 0.15) is 94.3 Å². The number of hydrogen-bond acceptors (Lipinski definition) is 31. The number of imidazole rings is 1. The van der Waals surface area contributed by atoms with E-state index in [2.05, 4.69) is 42.6 Å². The number of carboxylic acid groups (broad SMARTS) is 4. The lowest BCUT2D eigenvalue weighted by atomic mass is 9.87. The van der Waals surface area contributed by atoms with Crippen LogP contribution >= 0.6 is 0 Å². The summed E-state index contributed by atoms with van der Waals surface area (Å²) in [5.74, 6) is -6.71. The summed E-state index contributed by atoms with van der Waals surface area (Å²) in [5, 5.41) is 198. The van der Waals surface area contributed by atoms with Crippen molar-refractivity contribution in [3.63, 3.8) is 0 Å². The number of aromatic nitrogens is 2. The van der Waals surface area contributed by atoms with Crippen LogP contribution in [0, 0.1) is 5.92 Å². The van der Waals surface area contributed by atoms with E-state index in [1.54, 1.807) is 26.6 Å². The normalized spacial score (nSPS) is 22.3. The van der Waals surface area contributed by atoms with Crippen molar-refractivity contribution >= 4 is 53.4 Å². The molecule has 1 fully saturated rings. The van der Waals surface area contributed by atoms with Crippen LogP contribution < -0.4 is 26.6 Å². The lowest BCUT2D eigenvalue weighted by molar-refractivity contribution is -0.140. The van der Waals surface area contributed by atoms with Crippen molar-refractivity contribution in [1.29, 1.82) is 0 Å². The molecule has 4 unspecified atom stereocenters. The van der Waals surface area contributed by atoms with Crippen molar-refractivity contribution < 1.29 is 125 Å². The Morgan fingerprint density at radius 1 is 0.644 bits per heavy atom. The molecule has 0 bridgehead atoms. The molecule has 592 valence electrons. The quantitative estimate of drug-likeness (QED) is 0.0213. The molecular weight excluding hydrogens is 1380 g/mol. The maximum absolute atomic E-state index is 14.3. The van der Waals surface area contributed by atoms with Crippen LogP contribution in [0.25, 0.3) is 6.08 Å². The fourth-order valence-electron chi connectivity index (χ4n) is 12.7. The zero-order valence-electron chi connectivity index (χ0n) is 58.8. The Hall–Kier alpha value is -6.23. The van der Waals surface area contributed by atoms with E-state index < -0.39 is 205 Å². The van der Waals surface area contributed by atoms with Gasteiger partial charge in [0.05, 0.1) is 82.3 Å². The van der Waals surface area contributed by atoms with Gasteiger partial charge in [0.15, 0.2) is 0 Å². The number of aliphatic imine (C=N–C) groups is 1. The summed E-state index contributed by atoms with van der Waals surface area (Å²) < 4.78 is 0. The molecule has 39 nitrogen and oxygen atoms in total. The lowest BCUT2D eigenvalue weighted by Crippen LogP contribution is -2.58. The average Bonchev–Trinajstić information content (AvgIpc) is 1.66. The molecule has 3 amide bonds. The van der Waals surface area contributed by atoms with Gasteiger partial charge in [-0.15, -0.1) is 0 Å². The van der Waals surface area contributed by atoms with Gasteiger partial charge in [0.2, 0.25) is 17.7 Å². The minimum Gasteiger partial charge on any atom is -0.481 e. The van der Waals surface area contributed by atoms with Gasteiger partial charge in [0.1, 0.15) is 73.4 Å². The molecular formula is C65H112N14O25. The monoisotopic (exact) mass is 1490 g/mol. The van der Waals surface area contributed by atoms with Gasteiger partial charge in [-0.1, -0.05) is 25.0 Å². The molecule has 104 heavy (non-hydrogen) atoms. The first-order chi connectivity index (χ1) is 49.3. The lowest BCUT2D eigenvalue weighted by Gasteiger charge is -2.33. The Labute approximate surface area is 602 Å². The van der Waals surface area contributed by atoms with Crippen LogP contribution in [0.5, 0.6) is 0 Å². The predicted molar refractivity (Wildman–Crippen MR) is 368 cm³/mol. The van der Waals surface area contributed by atoms with E-state index in [0.29, 0.717) is 57.3 Å². The number of carboxylic acids is 4. The topological polar surface area (TPSA) is 604 Å². The number of aliphatic carboxylic acids is 4. The summed E-state index contributed by atoms with van der Waals surface area (Å²) >= 11 is 0. The Morgan fingerprint density at radius 2 is 1.19 bits per heavy atom. The first-order valence-electron chi connectivity index (χ1n) is 35.3. The van der Waals surface area contributed by atoms with Crippen LogP contribution in [-0.2, 0) is 46.5 Å². The van der Waals surface area contributed by atoms with Crippen molar-refractivity contribution in [2.45, 2.75) is 182 Å². The zero-order chi connectivity index (χ0) is 76.7.